The minimum atomic E-state index is -0.364. The van der Waals surface area contributed by atoms with Gasteiger partial charge >= 0.3 is 0 Å². The van der Waals surface area contributed by atoms with Crippen molar-refractivity contribution in [1.29, 1.82) is 0 Å². The summed E-state index contributed by atoms with van der Waals surface area (Å²) in [6.45, 7) is 11.1. The fourth-order valence-electron chi connectivity index (χ4n) is 2.74. The SMILES string of the molecule is CCCc1nc(C(C)(CC)OCC)nc2c1CNCC2. The Hall–Kier alpha value is -1.00. The molecule has 112 valence electrons. The van der Waals surface area contributed by atoms with Gasteiger partial charge in [-0.25, -0.2) is 9.97 Å². The number of rotatable bonds is 6. The maximum absolute atomic E-state index is 5.95. The van der Waals surface area contributed by atoms with E-state index >= 15 is 0 Å². The highest BCUT2D eigenvalue weighted by Gasteiger charge is 2.30. The maximum Gasteiger partial charge on any atom is 0.160 e. The average Bonchev–Trinajstić information content (AvgIpc) is 2.47. The standard InChI is InChI=1S/C16H27N3O/c1-5-8-13-12-11-17-10-9-14(12)19-15(18-13)16(4,6-2)20-7-3/h17H,5-11H2,1-4H3. The van der Waals surface area contributed by atoms with Crippen LogP contribution in [-0.4, -0.2) is 23.1 Å². The molecule has 0 radical (unpaired) electrons. The molecule has 1 aliphatic heterocycles. The van der Waals surface area contributed by atoms with E-state index in [1.165, 1.54) is 17.0 Å². The monoisotopic (exact) mass is 277 g/mol. The Labute approximate surface area is 122 Å². The molecule has 1 atom stereocenters. The van der Waals surface area contributed by atoms with Gasteiger partial charge in [-0.05, 0) is 26.7 Å². The second-order valence-electron chi connectivity index (χ2n) is 5.61. The van der Waals surface area contributed by atoms with Crippen molar-refractivity contribution in [2.75, 3.05) is 13.2 Å². The summed E-state index contributed by atoms with van der Waals surface area (Å²) in [5.74, 6) is 0.867. The predicted octanol–water partition coefficient (Wildman–Crippen LogP) is 2.74. The smallest absolute Gasteiger partial charge is 0.160 e. The van der Waals surface area contributed by atoms with Crippen LogP contribution in [0.2, 0.25) is 0 Å². The topological polar surface area (TPSA) is 47.0 Å². The number of fused-ring (bicyclic) bond motifs is 1. The highest BCUT2D eigenvalue weighted by Crippen LogP contribution is 2.28. The second-order valence-corrected chi connectivity index (χ2v) is 5.61. The van der Waals surface area contributed by atoms with E-state index in [1.807, 2.05) is 6.92 Å². The fraction of sp³-hybridized carbons (Fsp3) is 0.750. The third-order valence-corrected chi connectivity index (χ3v) is 4.12. The number of aromatic nitrogens is 2. The number of hydrogen-bond acceptors (Lipinski definition) is 4. The lowest BCUT2D eigenvalue weighted by molar-refractivity contribution is -0.0394. The molecule has 1 unspecified atom stereocenters. The van der Waals surface area contributed by atoms with Gasteiger partial charge in [0.05, 0.1) is 5.69 Å². The highest BCUT2D eigenvalue weighted by atomic mass is 16.5. The Bertz CT molecular complexity index is 461. The molecule has 1 N–H and O–H groups in total. The molecule has 20 heavy (non-hydrogen) atoms. The van der Waals surface area contributed by atoms with Gasteiger partial charge in [-0.2, -0.15) is 0 Å². The summed E-state index contributed by atoms with van der Waals surface area (Å²) < 4.78 is 5.95. The molecule has 0 saturated carbocycles. The van der Waals surface area contributed by atoms with Crippen molar-refractivity contribution in [2.24, 2.45) is 0 Å². The molecule has 0 aliphatic carbocycles. The van der Waals surface area contributed by atoms with Crippen LogP contribution in [0.1, 0.15) is 63.3 Å². The normalized spacial score (nSPS) is 17.6. The van der Waals surface area contributed by atoms with Crippen LogP contribution in [0, 0.1) is 0 Å². The summed E-state index contributed by atoms with van der Waals surface area (Å²) in [7, 11) is 0. The highest BCUT2D eigenvalue weighted by molar-refractivity contribution is 5.29. The first-order valence-corrected chi connectivity index (χ1v) is 7.88. The lowest BCUT2D eigenvalue weighted by atomic mass is 9.98. The Kier molecular flexibility index (Phi) is 5.11. The van der Waals surface area contributed by atoms with E-state index in [4.69, 9.17) is 14.7 Å². The first-order chi connectivity index (χ1) is 9.64. The molecule has 0 bridgehead atoms. The van der Waals surface area contributed by atoms with Crippen LogP contribution < -0.4 is 5.32 Å². The minimum absolute atomic E-state index is 0.364. The molecule has 0 amide bonds. The molecule has 0 aromatic carbocycles. The predicted molar refractivity (Wildman–Crippen MR) is 80.7 cm³/mol. The lowest BCUT2D eigenvalue weighted by Gasteiger charge is -2.29. The van der Waals surface area contributed by atoms with Crippen LogP contribution >= 0.6 is 0 Å². The molecule has 4 heteroatoms. The van der Waals surface area contributed by atoms with Crippen LogP contribution in [0.3, 0.4) is 0 Å². The molecular formula is C16H27N3O. The van der Waals surface area contributed by atoms with Gasteiger partial charge in [0, 0.05) is 37.4 Å². The van der Waals surface area contributed by atoms with Gasteiger partial charge in [-0.15, -0.1) is 0 Å². The van der Waals surface area contributed by atoms with Crippen molar-refractivity contribution in [1.82, 2.24) is 15.3 Å². The number of hydrogen-bond donors (Lipinski definition) is 1. The molecule has 0 spiro atoms. The summed E-state index contributed by atoms with van der Waals surface area (Å²) in [5, 5.41) is 3.43. The van der Waals surface area contributed by atoms with Crippen LogP contribution in [0.15, 0.2) is 0 Å². The van der Waals surface area contributed by atoms with E-state index in [1.54, 1.807) is 0 Å². The summed E-state index contributed by atoms with van der Waals surface area (Å²) in [4.78, 5) is 9.70. The largest absolute Gasteiger partial charge is 0.368 e. The number of nitrogens with zero attached hydrogens (tertiary/aromatic N) is 2. The van der Waals surface area contributed by atoms with Gasteiger partial charge < -0.3 is 10.1 Å². The number of nitrogens with one attached hydrogen (secondary N) is 1. The van der Waals surface area contributed by atoms with E-state index in [0.717, 1.165) is 44.6 Å². The van der Waals surface area contributed by atoms with Gasteiger partial charge in [0.25, 0.3) is 0 Å². The van der Waals surface area contributed by atoms with Gasteiger partial charge in [-0.1, -0.05) is 20.3 Å². The summed E-state index contributed by atoms with van der Waals surface area (Å²) in [6, 6.07) is 0. The quantitative estimate of drug-likeness (QED) is 0.868. The molecule has 1 aromatic rings. The molecule has 1 aromatic heterocycles. The van der Waals surface area contributed by atoms with Crippen molar-refractivity contribution < 1.29 is 4.74 Å². The van der Waals surface area contributed by atoms with Crippen molar-refractivity contribution in [3.05, 3.63) is 22.8 Å². The lowest BCUT2D eigenvalue weighted by Crippen LogP contribution is -2.32. The van der Waals surface area contributed by atoms with Crippen molar-refractivity contribution >= 4 is 0 Å². The van der Waals surface area contributed by atoms with Crippen molar-refractivity contribution in [3.63, 3.8) is 0 Å². The molecule has 2 rings (SSSR count). The second kappa shape index (κ2) is 6.64. The number of aryl methyl sites for hydroxylation is 1. The van der Waals surface area contributed by atoms with Gasteiger partial charge in [-0.3, -0.25) is 0 Å². The van der Waals surface area contributed by atoms with E-state index in [2.05, 4.69) is 26.1 Å². The first-order valence-electron chi connectivity index (χ1n) is 7.88. The van der Waals surface area contributed by atoms with Gasteiger partial charge in [0.15, 0.2) is 5.82 Å². The third-order valence-electron chi connectivity index (χ3n) is 4.12. The molecule has 0 saturated heterocycles. The van der Waals surface area contributed by atoms with Crippen molar-refractivity contribution in [2.45, 2.75) is 65.5 Å². The van der Waals surface area contributed by atoms with E-state index in [9.17, 15) is 0 Å². The van der Waals surface area contributed by atoms with Crippen LogP contribution in [0.25, 0.3) is 0 Å². The van der Waals surface area contributed by atoms with Gasteiger partial charge in [0.1, 0.15) is 5.60 Å². The summed E-state index contributed by atoms with van der Waals surface area (Å²) in [5.41, 5.74) is 3.38. The number of ether oxygens (including phenoxy) is 1. The maximum atomic E-state index is 5.95. The molecule has 2 heterocycles. The van der Waals surface area contributed by atoms with E-state index in [-0.39, 0.29) is 5.60 Å². The Morgan fingerprint density at radius 2 is 2.05 bits per heavy atom. The third kappa shape index (κ3) is 3.01. The average molecular weight is 277 g/mol. The Morgan fingerprint density at radius 3 is 2.70 bits per heavy atom. The molecular weight excluding hydrogens is 250 g/mol. The van der Waals surface area contributed by atoms with Crippen LogP contribution in [0.5, 0.6) is 0 Å². The first kappa shape index (κ1) is 15.4. The molecule has 1 aliphatic rings. The Balaban J connectivity index is 2.46. The minimum Gasteiger partial charge on any atom is -0.368 e. The fourth-order valence-corrected chi connectivity index (χ4v) is 2.74. The van der Waals surface area contributed by atoms with Crippen LogP contribution in [0.4, 0.5) is 0 Å². The zero-order valence-corrected chi connectivity index (χ0v) is 13.3. The molecule has 4 nitrogen and oxygen atoms in total. The molecule has 0 fully saturated rings. The zero-order chi connectivity index (χ0) is 14.6. The van der Waals surface area contributed by atoms with Gasteiger partial charge in [0.2, 0.25) is 0 Å². The zero-order valence-electron chi connectivity index (χ0n) is 13.3. The van der Waals surface area contributed by atoms with Crippen LogP contribution in [-0.2, 0) is 29.7 Å². The van der Waals surface area contributed by atoms with E-state index < -0.39 is 0 Å². The summed E-state index contributed by atoms with van der Waals surface area (Å²) >= 11 is 0. The Morgan fingerprint density at radius 1 is 1.25 bits per heavy atom. The van der Waals surface area contributed by atoms with Crippen molar-refractivity contribution in [3.8, 4) is 0 Å². The van der Waals surface area contributed by atoms with E-state index in [0.29, 0.717) is 6.61 Å². The summed E-state index contributed by atoms with van der Waals surface area (Å²) in [6.07, 6.45) is 4.02.